The van der Waals surface area contributed by atoms with Crippen molar-refractivity contribution < 1.29 is 14.0 Å². The molecule has 0 aliphatic rings. The van der Waals surface area contributed by atoms with Crippen LogP contribution in [0.4, 0.5) is 0 Å². The molecule has 0 bridgehead atoms. The van der Waals surface area contributed by atoms with Crippen LogP contribution in [0.1, 0.15) is 0 Å². The average Bonchev–Trinajstić information content (AvgIpc) is 3.05. The number of benzene rings is 2. The first-order valence-electron chi connectivity index (χ1n) is 6.53. The van der Waals surface area contributed by atoms with Crippen LogP contribution >= 0.6 is 15.9 Å². The first-order valence-corrected chi connectivity index (χ1v) is 7.32. The Morgan fingerprint density at radius 3 is 2.27 bits per heavy atom. The predicted molar refractivity (Wildman–Crippen MR) is 86.0 cm³/mol. The fourth-order valence-electron chi connectivity index (χ4n) is 2.03. The number of halogens is 1. The monoisotopic (exact) mass is 360 g/mol. The number of rotatable bonds is 4. The first kappa shape index (κ1) is 14.6. The molecular formula is C16H13BrN2O3. The zero-order valence-corrected chi connectivity index (χ0v) is 13.6. The Bertz CT molecular complexity index is 784. The maximum atomic E-state index is 5.33. The highest BCUT2D eigenvalue weighted by atomic mass is 79.9. The second kappa shape index (κ2) is 6.19. The van der Waals surface area contributed by atoms with E-state index in [1.54, 1.807) is 14.2 Å². The first-order chi connectivity index (χ1) is 10.7. The number of hydrogen-bond acceptors (Lipinski definition) is 5. The Kier molecular flexibility index (Phi) is 4.11. The van der Waals surface area contributed by atoms with Gasteiger partial charge in [-0.3, -0.25) is 0 Å². The summed E-state index contributed by atoms with van der Waals surface area (Å²) < 4.78 is 16.8. The van der Waals surface area contributed by atoms with Gasteiger partial charge in [-0.1, -0.05) is 21.1 Å². The van der Waals surface area contributed by atoms with Crippen LogP contribution < -0.4 is 9.47 Å². The second-order valence-corrected chi connectivity index (χ2v) is 5.42. The molecule has 3 rings (SSSR count). The van der Waals surface area contributed by atoms with Gasteiger partial charge in [0.25, 0.3) is 5.89 Å². The maximum absolute atomic E-state index is 5.33. The van der Waals surface area contributed by atoms with E-state index in [1.807, 2.05) is 42.5 Å². The average molecular weight is 361 g/mol. The highest BCUT2D eigenvalue weighted by Crippen LogP contribution is 2.32. The number of methoxy groups -OCH3 is 2. The molecule has 2 aromatic carbocycles. The van der Waals surface area contributed by atoms with Gasteiger partial charge in [0.2, 0.25) is 5.82 Å². The van der Waals surface area contributed by atoms with Gasteiger partial charge in [-0.15, -0.1) is 0 Å². The van der Waals surface area contributed by atoms with Crippen LogP contribution in [0.2, 0.25) is 0 Å². The normalized spacial score (nSPS) is 10.5. The number of nitrogens with zero attached hydrogens (tertiary/aromatic N) is 2. The zero-order chi connectivity index (χ0) is 15.5. The molecule has 5 nitrogen and oxygen atoms in total. The van der Waals surface area contributed by atoms with Gasteiger partial charge in [-0.25, -0.2) is 0 Å². The van der Waals surface area contributed by atoms with Crippen molar-refractivity contribution >= 4 is 15.9 Å². The molecule has 0 saturated carbocycles. The lowest BCUT2D eigenvalue weighted by molar-refractivity contribution is 0.355. The molecule has 3 aromatic rings. The van der Waals surface area contributed by atoms with E-state index >= 15 is 0 Å². The van der Waals surface area contributed by atoms with Crippen LogP contribution in [0.25, 0.3) is 22.8 Å². The minimum atomic E-state index is 0.470. The van der Waals surface area contributed by atoms with Crippen LogP contribution in [0, 0.1) is 0 Å². The van der Waals surface area contributed by atoms with Gasteiger partial charge in [0, 0.05) is 15.6 Å². The lowest BCUT2D eigenvalue weighted by atomic mass is 10.2. The smallest absolute Gasteiger partial charge is 0.258 e. The minimum Gasteiger partial charge on any atom is -0.493 e. The maximum Gasteiger partial charge on any atom is 0.258 e. The van der Waals surface area contributed by atoms with Crippen LogP contribution in [0.5, 0.6) is 11.5 Å². The molecule has 0 radical (unpaired) electrons. The molecule has 0 unspecified atom stereocenters. The van der Waals surface area contributed by atoms with Crippen molar-refractivity contribution in [3.05, 3.63) is 46.9 Å². The van der Waals surface area contributed by atoms with Crippen LogP contribution in [0.15, 0.2) is 51.5 Å². The van der Waals surface area contributed by atoms with Gasteiger partial charge < -0.3 is 14.0 Å². The Morgan fingerprint density at radius 2 is 1.59 bits per heavy atom. The topological polar surface area (TPSA) is 57.4 Å². The molecular weight excluding hydrogens is 348 g/mol. The zero-order valence-electron chi connectivity index (χ0n) is 12.0. The highest BCUT2D eigenvalue weighted by molar-refractivity contribution is 9.10. The molecule has 0 aliphatic heterocycles. The van der Waals surface area contributed by atoms with E-state index in [0.29, 0.717) is 23.2 Å². The Hall–Kier alpha value is -2.34. The van der Waals surface area contributed by atoms with E-state index in [0.717, 1.165) is 15.6 Å². The van der Waals surface area contributed by atoms with Crippen molar-refractivity contribution in [1.82, 2.24) is 10.1 Å². The summed E-state index contributed by atoms with van der Waals surface area (Å²) in [6.07, 6.45) is 0. The van der Waals surface area contributed by atoms with Crippen molar-refractivity contribution in [2.75, 3.05) is 14.2 Å². The molecule has 0 aliphatic carbocycles. The highest BCUT2D eigenvalue weighted by Gasteiger charge is 2.13. The number of hydrogen-bond donors (Lipinski definition) is 0. The lowest BCUT2D eigenvalue weighted by Gasteiger charge is -2.07. The van der Waals surface area contributed by atoms with Crippen molar-refractivity contribution in [3.8, 4) is 34.3 Å². The second-order valence-electron chi connectivity index (χ2n) is 4.50. The fourth-order valence-corrected chi connectivity index (χ4v) is 2.29. The lowest BCUT2D eigenvalue weighted by Crippen LogP contribution is -1.91. The quantitative estimate of drug-likeness (QED) is 0.698. The molecule has 22 heavy (non-hydrogen) atoms. The summed E-state index contributed by atoms with van der Waals surface area (Å²) in [6.45, 7) is 0. The Balaban J connectivity index is 1.95. The van der Waals surface area contributed by atoms with Crippen LogP contribution in [-0.2, 0) is 0 Å². The molecule has 6 heteroatoms. The SMILES string of the molecule is COc1ccc(-c2noc(-c3ccc(Br)cc3)n2)cc1OC. The van der Waals surface area contributed by atoms with Crippen LogP contribution in [0.3, 0.4) is 0 Å². The molecule has 0 spiro atoms. The van der Waals surface area contributed by atoms with Gasteiger partial charge in [0.1, 0.15) is 0 Å². The summed E-state index contributed by atoms with van der Waals surface area (Å²) in [5.41, 5.74) is 1.66. The van der Waals surface area contributed by atoms with E-state index in [2.05, 4.69) is 26.1 Å². The molecule has 1 aromatic heterocycles. The third-order valence-corrected chi connectivity index (χ3v) is 3.69. The summed E-state index contributed by atoms with van der Waals surface area (Å²) >= 11 is 3.40. The van der Waals surface area contributed by atoms with Crippen molar-refractivity contribution in [1.29, 1.82) is 0 Å². The van der Waals surface area contributed by atoms with E-state index < -0.39 is 0 Å². The number of aromatic nitrogens is 2. The summed E-state index contributed by atoms with van der Waals surface area (Å²) in [6, 6.07) is 13.2. The summed E-state index contributed by atoms with van der Waals surface area (Å²) in [5, 5.41) is 4.02. The summed E-state index contributed by atoms with van der Waals surface area (Å²) in [5.74, 6) is 2.24. The van der Waals surface area contributed by atoms with Gasteiger partial charge >= 0.3 is 0 Å². The van der Waals surface area contributed by atoms with Gasteiger partial charge in [0.15, 0.2) is 11.5 Å². The molecule has 0 fully saturated rings. The van der Waals surface area contributed by atoms with E-state index in [1.165, 1.54) is 0 Å². The fraction of sp³-hybridized carbons (Fsp3) is 0.125. The van der Waals surface area contributed by atoms with Crippen molar-refractivity contribution in [3.63, 3.8) is 0 Å². The largest absolute Gasteiger partial charge is 0.493 e. The third kappa shape index (κ3) is 2.82. The van der Waals surface area contributed by atoms with Gasteiger partial charge in [-0.05, 0) is 42.5 Å². The van der Waals surface area contributed by atoms with E-state index in [9.17, 15) is 0 Å². The third-order valence-electron chi connectivity index (χ3n) is 3.16. The van der Waals surface area contributed by atoms with Gasteiger partial charge in [-0.2, -0.15) is 4.98 Å². The standard InChI is InChI=1S/C16H13BrN2O3/c1-20-13-8-5-11(9-14(13)21-2)15-18-16(22-19-15)10-3-6-12(17)7-4-10/h3-9H,1-2H3. The van der Waals surface area contributed by atoms with E-state index in [4.69, 9.17) is 14.0 Å². The molecule has 112 valence electrons. The molecule has 1 heterocycles. The van der Waals surface area contributed by atoms with Gasteiger partial charge in [0.05, 0.1) is 14.2 Å². The number of ether oxygens (including phenoxy) is 2. The van der Waals surface area contributed by atoms with Crippen molar-refractivity contribution in [2.45, 2.75) is 0 Å². The minimum absolute atomic E-state index is 0.470. The summed E-state index contributed by atoms with van der Waals surface area (Å²) in [4.78, 5) is 4.42. The Labute approximate surface area is 136 Å². The molecule has 0 N–H and O–H groups in total. The molecule has 0 saturated heterocycles. The summed E-state index contributed by atoms with van der Waals surface area (Å²) in [7, 11) is 3.18. The molecule has 0 amide bonds. The van der Waals surface area contributed by atoms with E-state index in [-0.39, 0.29) is 0 Å². The predicted octanol–water partition coefficient (Wildman–Crippen LogP) is 4.18. The Morgan fingerprint density at radius 1 is 0.909 bits per heavy atom. The van der Waals surface area contributed by atoms with Crippen LogP contribution in [-0.4, -0.2) is 24.4 Å². The molecule has 0 atom stereocenters. The van der Waals surface area contributed by atoms with Crippen molar-refractivity contribution in [2.24, 2.45) is 0 Å².